The van der Waals surface area contributed by atoms with Gasteiger partial charge >= 0.3 is 0 Å². The van der Waals surface area contributed by atoms with E-state index in [1.807, 2.05) is 0 Å². The van der Waals surface area contributed by atoms with Crippen LogP contribution in [0, 0.1) is 30.2 Å². The average molecular weight is 283 g/mol. The van der Waals surface area contributed by atoms with Gasteiger partial charge in [-0.25, -0.2) is 17.6 Å². The molecule has 1 atom stereocenters. The average Bonchev–Trinajstić information content (AvgIpc) is 2.31. The third-order valence-corrected chi connectivity index (χ3v) is 3.16. The normalized spacial score (nSPS) is 12.5. The Hall–Kier alpha value is -1.88. The molecule has 0 amide bonds. The quantitative estimate of drug-likeness (QED) is 0.852. The van der Waals surface area contributed by atoms with Crippen LogP contribution in [0.1, 0.15) is 22.7 Å². The van der Waals surface area contributed by atoms with Gasteiger partial charge in [0.15, 0.2) is 0 Å². The van der Waals surface area contributed by atoms with Gasteiger partial charge in [0.2, 0.25) is 0 Å². The zero-order valence-electron chi connectivity index (χ0n) is 10.8. The third kappa shape index (κ3) is 2.99. The predicted molar refractivity (Wildman–Crippen MR) is 68.1 cm³/mol. The molecule has 0 bridgehead atoms. The molecule has 0 fully saturated rings. The number of aryl methyl sites for hydroxylation is 1. The van der Waals surface area contributed by atoms with Crippen LogP contribution in [0.2, 0.25) is 0 Å². The second-order valence-electron chi connectivity index (χ2n) is 4.66. The Bertz CT molecular complexity index is 617. The molecule has 1 unspecified atom stereocenters. The number of benzene rings is 2. The van der Waals surface area contributed by atoms with Crippen molar-refractivity contribution in [3.63, 3.8) is 0 Å². The van der Waals surface area contributed by atoms with Crippen molar-refractivity contribution in [2.75, 3.05) is 0 Å². The van der Waals surface area contributed by atoms with Crippen molar-refractivity contribution >= 4 is 0 Å². The lowest BCUT2D eigenvalue weighted by atomic mass is 9.96. The highest BCUT2D eigenvalue weighted by atomic mass is 19.1. The first kappa shape index (κ1) is 14.5. The molecule has 2 N–H and O–H groups in total. The van der Waals surface area contributed by atoms with Crippen LogP contribution in [0.4, 0.5) is 17.6 Å². The first-order valence-electron chi connectivity index (χ1n) is 6.03. The fourth-order valence-electron chi connectivity index (χ4n) is 2.13. The second-order valence-corrected chi connectivity index (χ2v) is 4.66. The minimum atomic E-state index is -1.02. The molecule has 106 valence electrons. The van der Waals surface area contributed by atoms with E-state index in [9.17, 15) is 17.6 Å². The summed E-state index contributed by atoms with van der Waals surface area (Å²) in [5.41, 5.74) is 6.75. The second kappa shape index (κ2) is 5.63. The maximum atomic E-state index is 13.6. The number of hydrogen-bond donors (Lipinski definition) is 1. The monoisotopic (exact) mass is 283 g/mol. The van der Waals surface area contributed by atoms with Crippen molar-refractivity contribution in [2.24, 2.45) is 5.73 Å². The summed E-state index contributed by atoms with van der Waals surface area (Å²) in [6.45, 7) is 1.68. The Balaban J connectivity index is 2.31. The van der Waals surface area contributed by atoms with Gasteiger partial charge in [0, 0.05) is 23.7 Å². The summed E-state index contributed by atoms with van der Waals surface area (Å²) < 4.78 is 53.1. The number of rotatable bonds is 3. The lowest BCUT2D eigenvalue weighted by Crippen LogP contribution is -2.17. The van der Waals surface area contributed by atoms with Crippen molar-refractivity contribution in [2.45, 2.75) is 19.4 Å². The topological polar surface area (TPSA) is 26.0 Å². The van der Waals surface area contributed by atoms with Gasteiger partial charge in [0.05, 0.1) is 0 Å². The highest BCUT2D eigenvalue weighted by Crippen LogP contribution is 2.24. The fraction of sp³-hybridized carbons (Fsp3) is 0.200. The van der Waals surface area contributed by atoms with E-state index in [2.05, 4.69) is 0 Å². The van der Waals surface area contributed by atoms with Gasteiger partial charge < -0.3 is 5.73 Å². The molecule has 2 aromatic rings. The zero-order chi connectivity index (χ0) is 14.9. The van der Waals surface area contributed by atoms with Gasteiger partial charge in [0.1, 0.15) is 23.3 Å². The molecular weight excluding hydrogens is 270 g/mol. The van der Waals surface area contributed by atoms with Crippen LogP contribution in [0.3, 0.4) is 0 Å². The summed E-state index contributed by atoms with van der Waals surface area (Å²) in [6, 6.07) is 4.31. The SMILES string of the molecule is Cc1cc(F)ccc1CC(N)c1c(F)cc(F)cc1F. The third-order valence-electron chi connectivity index (χ3n) is 3.16. The molecule has 1 nitrogen and oxygen atoms in total. The summed E-state index contributed by atoms with van der Waals surface area (Å²) >= 11 is 0. The summed E-state index contributed by atoms with van der Waals surface area (Å²) in [4.78, 5) is 0. The minimum Gasteiger partial charge on any atom is -0.323 e. The summed E-state index contributed by atoms with van der Waals surface area (Å²) in [6.07, 6.45) is 0.131. The van der Waals surface area contributed by atoms with E-state index < -0.39 is 23.5 Å². The standard InChI is InChI=1S/C15H13F4N/c1-8-4-10(16)3-2-9(8)5-14(20)15-12(18)6-11(17)7-13(15)19/h2-4,6-7,14H,5,20H2,1H3. The smallest absolute Gasteiger partial charge is 0.133 e. The number of nitrogens with two attached hydrogens (primary N) is 1. The molecule has 5 heteroatoms. The van der Waals surface area contributed by atoms with Crippen LogP contribution < -0.4 is 5.73 Å². The van der Waals surface area contributed by atoms with Crippen molar-refractivity contribution in [3.8, 4) is 0 Å². The van der Waals surface area contributed by atoms with Crippen LogP contribution in [-0.2, 0) is 6.42 Å². The van der Waals surface area contributed by atoms with Gasteiger partial charge in [-0.3, -0.25) is 0 Å². The van der Waals surface area contributed by atoms with Crippen molar-refractivity contribution in [1.29, 1.82) is 0 Å². The maximum absolute atomic E-state index is 13.6. The molecule has 0 heterocycles. The summed E-state index contributed by atoms with van der Waals surface area (Å²) in [5.74, 6) is -3.42. The van der Waals surface area contributed by atoms with E-state index in [-0.39, 0.29) is 17.8 Å². The van der Waals surface area contributed by atoms with E-state index in [1.165, 1.54) is 18.2 Å². The Morgan fingerprint density at radius 2 is 1.55 bits per heavy atom. The van der Waals surface area contributed by atoms with Crippen LogP contribution in [0.15, 0.2) is 30.3 Å². The molecule has 2 rings (SSSR count). The van der Waals surface area contributed by atoms with Crippen LogP contribution in [-0.4, -0.2) is 0 Å². The summed E-state index contributed by atoms with van der Waals surface area (Å²) in [7, 11) is 0. The molecule has 0 aliphatic rings. The summed E-state index contributed by atoms with van der Waals surface area (Å²) in [5, 5.41) is 0. The van der Waals surface area contributed by atoms with Crippen LogP contribution in [0.5, 0.6) is 0 Å². The van der Waals surface area contributed by atoms with Crippen molar-refractivity contribution < 1.29 is 17.6 Å². The van der Waals surface area contributed by atoms with Crippen LogP contribution in [0.25, 0.3) is 0 Å². The maximum Gasteiger partial charge on any atom is 0.133 e. The minimum absolute atomic E-state index is 0.131. The van der Waals surface area contributed by atoms with E-state index in [1.54, 1.807) is 6.92 Å². The largest absolute Gasteiger partial charge is 0.323 e. The molecule has 2 aromatic carbocycles. The van der Waals surface area contributed by atoms with Crippen molar-refractivity contribution in [3.05, 3.63) is 70.3 Å². The van der Waals surface area contributed by atoms with Crippen LogP contribution >= 0.6 is 0 Å². The molecule has 0 aliphatic carbocycles. The van der Waals surface area contributed by atoms with Gasteiger partial charge in [-0.2, -0.15) is 0 Å². The molecule has 0 saturated heterocycles. The van der Waals surface area contributed by atoms with Crippen molar-refractivity contribution in [1.82, 2.24) is 0 Å². The first-order chi connectivity index (χ1) is 9.38. The van der Waals surface area contributed by atoms with Gasteiger partial charge in [-0.15, -0.1) is 0 Å². The predicted octanol–water partition coefficient (Wildman–Crippen LogP) is 3.79. The van der Waals surface area contributed by atoms with Gasteiger partial charge in [-0.05, 0) is 36.6 Å². The number of halogens is 4. The van der Waals surface area contributed by atoms with E-state index in [0.29, 0.717) is 23.3 Å². The van der Waals surface area contributed by atoms with Gasteiger partial charge in [0.25, 0.3) is 0 Å². The molecule has 0 radical (unpaired) electrons. The molecule has 20 heavy (non-hydrogen) atoms. The van der Waals surface area contributed by atoms with E-state index >= 15 is 0 Å². The van der Waals surface area contributed by atoms with E-state index in [0.717, 1.165) is 0 Å². The highest BCUT2D eigenvalue weighted by Gasteiger charge is 2.19. The first-order valence-corrected chi connectivity index (χ1v) is 6.03. The Labute approximate surface area is 114 Å². The fourth-order valence-corrected chi connectivity index (χ4v) is 2.13. The highest BCUT2D eigenvalue weighted by molar-refractivity contribution is 5.31. The molecule has 0 spiro atoms. The lowest BCUT2D eigenvalue weighted by molar-refractivity contribution is 0.501. The zero-order valence-corrected chi connectivity index (χ0v) is 10.8. The Morgan fingerprint density at radius 3 is 2.10 bits per heavy atom. The Morgan fingerprint density at radius 1 is 0.950 bits per heavy atom. The molecular formula is C15H13F4N. The Kier molecular flexibility index (Phi) is 4.09. The molecule has 0 saturated carbocycles. The van der Waals surface area contributed by atoms with Gasteiger partial charge in [-0.1, -0.05) is 6.07 Å². The number of hydrogen-bond acceptors (Lipinski definition) is 1. The lowest BCUT2D eigenvalue weighted by Gasteiger charge is -2.15. The van der Waals surface area contributed by atoms with E-state index in [4.69, 9.17) is 5.73 Å². The molecule has 0 aromatic heterocycles. The molecule has 0 aliphatic heterocycles.